The fourth-order valence-corrected chi connectivity index (χ4v) is 3.87. The lowest BCUT2D eigenvalue weighted by atomic mass is 10.1. The molecule has 2 N–H and O–H groups in total. The fraction of sp³-hybridized carbons (Fsp3) is 0.267. The number of carbonyl (C=O) groups excluding carboxylic acids is 3. The number of nitrogens with zero attached hydrogens (tertiary/aromatic N) is 3. The molecule has 0 atom stereocenters. The van der Waals surface area contributed by atoms with E-state index in [2.05, 4.69) is 20.8 Å². The van der Waals surface area contributed by atoms with Crippen LogP contribution in [0.1, 0.15) is 27.6 Å². The summed E-state index contributed by atoms with van der Waals surface area (Å²) in [4.78, 5) is 37.0. The molecule has 10 heteroatoms. The largest absolute Gasteiger partial charge is 0.360 e. The second-order valence-corrected chi connectivity index (χ2v) is 7.37. The average molecular weight is 377 g/mol. The molecule has 1 aromatic heterocycles. The zero-order chi connectivity index (χ0) is 18.0. The van der Waals surface area contributed by atoms with Gasteiger partial charge >= 0.3 is 0 Å². The molecule has 130 valence electrons. The van der Waals surface area contributed by atoms with Gasteiger partial charge in [-0.15, -0.1) is 10.2 Å². The average Bonchev–Trinajstić information content (AvgIpc) is 3.13. The predicted molar refractivity (Wildman–Crippen MR) is 96.3 cm³/mol. The molecule has 1 aliphatic heterocycles. The van der Waals surface area contributed by atoms with E-state index < -0.39 is 0 Å². The fourth-order valence-electron chi connectivity index (χ4n) is 2.25. The summed E-state index contributed by atoms with van der Waals surface area (Å²) < 4.78 is 0.697. The van der Waals surface area contributed by atoms with Gasteiger partial charge in [0.25, 0.3) is 11.8 Å². The zero-order valence-corrected chi connectivity index (χ0v) is 15.2. The quantitative estimate of drug-likeness (QED) is 0.585. The summed E-state index contributed by atoms with van der Waals surface area (Å²) in [6, 6.07) is 4.69. The molecular weight excluding hydrogens is 362 g/mol. The van der Waals surface area contributed by atoms with E-state index in [1.54, 1.807) is 12.1 Å². The Kier molecular flexibility index (Phi) is 5.00. The third-order valence-corrected chi connectivity index (χ3v) is 5.45. The van der Waals surface area contributed by atoms with Gasteiger partial charge in [0.2, 0.25) is 11.0 Å². The third kappa shape index (κ3) is 3.64. The number of amides is 3. The number of imide groups is 1. The lowest BCUT2D eigenvalue weighted by molar-refractivity contribution is -0.113. The van der Waals surface area contributed by atoms with Gasteiger partial charge in [0, 0.05) is 19.3 Å². The van der Waals surface area contributed by atoms with Gasteiger partial charge in [0.1, 0.15) is 0 Å². The summed E-state index contributed by atoms with van der Waals surface area (Å²) in [5, 5.41) is 14.4. The summed E-state index contributed by atoms with van der Waals surface area (Å²) in [5.41, 5.74) is 1.13. The summed E-state index contributed by atoms with van der Waals surface area (Å²) in [6.45, 7) is 2.73. The number of benzene rings is 1. The van der Waals surface area contributed by atoms with E-state index in [0.717, 1.165) is 16.6 Å². The maximum Gasteiger partial charge on any atom is 0.261 e. The second-order valence-electron chi connectivity index (χ2n) is 5.17. The minimum atomic E-state index is -0.365. The summed E-state index contributed by atoms with van der Waals surface area (Å²) in [6.07, 6.45) is 0. The van der Waals surface area contributed by atoms with E-state index in [0.29, 0.717) is 21.2 Å². The van der Waals surface area contributed by atoms with Crippen molar-refractivity contribution in [1.82, 2.24) is 15.1 Å². The lowest BCUT2D eigenvalue weighted by Crippen LogP contribution is -2.24. The third-order valence-electron chi connectivity index (χ3n) is 3.43. The normalized spacial score (nSPS) is 13.1. The van der Waals surface area contributed by atoms with E-state index in [-0.39, 0.29) is 23.5 Å². The van der Waals surface area contributed by atoms with Crippen molar-refractivity contribution in [3.8, 4) is 0 Å². The molecule has 3 amide bonds. The molecule has 0 bridgehead atoms. The second kappa shape index (κ2) is 7.19. The SMILES string of the molecule is CCNc1nnc(SCC(=O)Nc2ccc3c(c2)C(=O)N(C)C3=O)s1. The Morgan fingerprint density at radius 2 is 2.00 bits per heavy atom. The first-order valence-corrected chi connectivity index (χ1v) is 9.26. The van der Waals surface area contributed by atoms with Gasteiger partial charge in [-0.05, 0) is 25.1 Å². The van der Waals surface area contributed by atoms with Gasteiger partial charge in [0.05, 0.1) is 16.9 Å². The van der Waals surface area contributed by atoms with Crippen LogP contribution in [-0.4, -0.2) is 52.2 Å². The highest BCUT2D eigenvalue weighted by Crippen LogP contribution is 2.27. The molecule has 1 aromatic carbocycles. The molecule has 0 unspecified atom stereocenters. The zero-order valence-electron chi connectivity index (χ0n) is 13.5. The Bertz CT molecular complexity index is 851. The molecule has 3 rings (SSSR count). The van der Waals surface area contributed by atoms with Crippen LogP contribution in [0.4, 0.5) is 10.8 Å². The van der Waals surface area contributed by atoms with Crippen LogP contribution < -0.4 is 10.6 Å². The van der Waals surface area contributed by atoms with Crippen molar-refractivity contribution >= 4 is 51.6 Å². The summed E-state index contributed by atoms with van der Waals surface area (Å²) >= 11 is 2.67. The van der Waals surface area contributed by atoms with Crippen molar-refractivity contribution in [2.24, 2.45) is 0 Å². The van der Waals surface area contributed by atoms with E-state index in [1.165, 1.54) is 36.2 Å². The first-order chi connectivity index (χ1) is 12.0. The molecular formula is C15H15N5O3S2. The van der Waals surface area contributed by atoms with E-state index in [9.17, 15) is 14.4 Å². The number of aromatic nitrogens is 2. The smallest absolute Gasteiger partial charge is 0.261 e. The van der Waals surface area contributed by atoms with Crippen LogP contribution in [-0.2, 0) is 4.79 Å². The molecule has 0 radical (unpaired) electrons. The first-order valence-electron chi connectivity index (χ1n) is 7.46. The summed E-state index contributed by atoms with van der Waals surface area (Å²) in [7, 11) is 1.43. The van der Waals surface area contributed by atoms with Gasteiger partial charge < -0.3 is 10.6 Å². The van der Waals surface area contributed by atoms with Crippen LogP contribution in [0.2, 0.25) is 0 Å². The van der Waals surface area contributed by atoms with Gasteiger partial charge in [-0.3, -0.25) is 19.3 Å². The number of hydrogen-bond donors (Lipinski definition) is 2. The van der Waals surface area contributed by atoms with Crippen molar-refractivity contribution < 1.29 is 14.4 Å². The first kappa shape index (κ1) is 17.4. The summed E-state index contributed by atoms with van der Waals surface area (Å²) in [5.74, 6) is -0.753. The molecule has 0 spiro atoms. The van der Waals surface area contributed by atoms with E-state index >= 15 is 0 Å². The molecule has 0 saturated heterocycles. The minimum absolute atomic E-state index is 0.171. The molecule has 0 saturated carbocycles. The van der Waals surface area contributed by atoms with E-state index in [4.69, 9.17) is 0 Å². The van der Waals surface area contributed by atoms with E-state index in [1.807, 2.05) is 6.92 Å². The highest BCUT2D eigenvalue weighted by atomic mass is 32.2. The Balaban J connectivity index is 1.60. The van der Waals surface area contributed by atoms with Crippen LogP contribution in [0.5, 0.6) is 0 Å². The lowest BCUT2D eigenvalue weighted by Gasteiger charge is -2.05. The van der Waals surface area contributed by atoms with Crippen molar-refractivity contribution in [2.45, 2.75) is 11.3 Å². The monoisotopic (exact) mass is 377 g/mol. The Morgan fingerprint density at radius 3 is 2.76 bits per heavy atom. The maximum atomic E-state index is 12.1. The number of nitrogens with one attached hydrogen (secondary N) is 2. The number of thioether (sulfide) groups is 1. The number of carbonyl (C=O) groups is 3. The molecule has 2 heterocycles. The molecule has 0 fully saturated rings. The minimum Gasteiger partial charge on any atom is -0.360 e. The van der Waals surface area contributed by atoms with Crippen LogP contribution in [0.3, 0.4) is 0 Å². The number of rotatable bonds is 6. The highest BCUT2D eigenvalue weighted by molar-refractivity contribution is 8.01. The number of hydrogen-bond acceptors (Lipinski definition) is 8. The van der Waals surface area contributed by atoms with Crippen LogP contribution in [0.15, 0.2) is 22.5 Å². The standard InChI is InChI=1S/C15H15N5O3S2/c1-3-16-14-18-19-15(25-14)24-7-11(21)17-8-4-5-9-10(6-8)13(23)20(2)12(9)22/h4-6H,3,7H2,1-2H3,(H,16,18)(H,17,21). The van der Waals surface area contributed by atoms with Gasteiger partial charge in [-0.25, -0.2) is 0 Å². The van der Waals surface area contributed by atoms with Crippen molar-refractivity contribution in [1.29, 1.82) is 0 Å². The van der Waals surface area contributed by atoms with Crippen molar-refractivity contribution in [2.75, 3.05) is 30.0 Å². The molecule has 2 aromatic rings. The van der Waals surface area contributed by atoms with Crippen molar-refractivity contribution in [3.05, 3.63) is 29.3 Å². The topological polar surface area (TPSA) is 104 Å². The highest BCUT2D eigenvalue weighted by Gasteiger charge is 2.32. The Morgan fingerprint density at radius 1 is 1.24 bits per heavy atom. The van der Waals surface area contributed by atoms with Crippen LogP contribution >= 0.6 is 23.1 Å². The van der Waals surface area contributed by atoms with Crippen LogP contribution in [0, 0.1) is 0 Å². The van der Waals surface area contributed by atoms with Crippen LogP contribution in [0.25, 0.3) is 0 Å². The Labute approximate surface area is 152 Å². The van der Waals surface area contributed by atoms with Gasteiger partial charge in [-0.1, -0.05) is 23.1 Å². The molecule has 1 aliphatic rings. The van der Waals surface area contributed by atoms with Gasteiger partial charge in [0.15, 0.2) is 4.34 Å². The molecule has 8 nitrogen and oxygen atoms in total. The van der Waals surface area contributed by atoms with Crippen molar-refractivity contribution in [3.63, 3.8) is 0 Å². The predicted octanol–water partition coefficient (Wildman–Crippen LogP) is 1.93. The molecule has 25 heavy (non-hydrogen) atoms. The maximum absolute atomic E-state index is 12.1. The molecule has 0 aliphatic carbocycles. The Hall–Kier alpha value is -2.46. The number of fused-ring (bicyclic) bond motifs is 1. The van der Waals surface area contributed by atoms with Gasteiger partial charge in [-0.2, -0.15) is 0 Å². The number of anilines is 2.